The summed E-state index contributed by atoms with van der Waals surface area (Å²) in [7, 11) is 0. The molecule has 1 fully saturated rings. The number of rotatable bonds is 10. The highest BCUT2D eigenvalue weighted by molar-refractivity contribution is 8.00. The molecule has 4 aromatic rings. The van der Waals surface area contributed by atoms with Gasteiger partial charge in [0.15, 0.2) is 15.8 Å². The van der Waals surface area contributed by atoms with Gasteiger partial charge < -0.3 is 19.3 Å². The van der Waals surface area contributed by atoms with Crippen molar-refractivity contribution < 1.29 is 28.9 Å². The van der Waals surface area contributed by atoms with Gasteiger partial charge in [-0.1, -0.05) is 78.9 Å². The Morgan fingerprint density at radius 2 is 1.82 bits per heavy atom. The Kier molecular flexibility index (Phi) is 9.09. The molecule has 1 N–H and O–H groups in total. The molecule has 11 heteroatoms. The van der Waals surface area contributed by atoms with Gasteiger partial charge in [-0.25, -0.2) is 0 Å². The fourth-order valence-corrected chi connectivity index (χ4v) is 6.89. The lowest BCUT2D eigenvalue weighted by Crippen LogP contribution is -2.29. The number of nitrogens with zero attached hydrogens (tertiary/aromatic N) is 3. The summed E-state index contributed by atoms with van der Waals surface area (Å²) in [6.45, 7) is 7.61. The first kappa shape index (κ1) is 30.7. The zero-order valence-electron chi connectivity index (χ0n) is 25.2. The number of Topliss-reactive ketones (excluding diaryl/α,β-unsaturated/α-hetero) is 1. The van der Waals surface area contributed by atoms with Gasteiger partial charge in [-0.2, -0.15) is 0 Å². The summed E-state index contributed by atoms with van der Waals surface area (Å²) < 4.78 is 18.0. The quantitative estimate of drug-likeness (QED) is 0.0644. The summed E-state index contributed by atoms with van der Waals surface area (Å²) >= 11 is 2.73. The molecule has 45 heavy (non-hydrogen) atoms. The third kappa shape index (κ3) is 6.69. The summed E-state index contributed by atoms with van der Waals surface area (Å²) in [4.78, 5) is 28.7. The van der Waals surface area contributed by atoms with Crippen LogP contribution in [0.1, 0.15) is 48.6 Å². The standard InChI is InChI=1S/C34H33N3O6S2/c1-20(2)13-14-41-25-6-4-5-23(17-25)29-28(30(38)24-11-12-26-27(18-24)43-16-15-42-26)31(39)32(40)37(29)33-35-36-34(45-33)44-19-22-9-7-21(3)8-10-22/h4-12,17-18,20,29,38H,13-16,19H2,1-3H3/b30-28+/t29-/m1/s1. The molecule has 0 saturated carbocycles. The molecule has 6 rings (SSSR count). The Balaban J connectivity index is 1.37. The monoisotopic (exact) mass is 643 g/mol. The second-order valence-electron chi connectivity index (χ2n) is 11.3. The number of aryl methyl sites for hydroxylation is 1. The van der Waals surface area contributed by atoms with E-state index in [1.807, 2.05) is 25.1 Å². The van der Waals surface area contributed by atoms with Crippen LogP contribution in [0.4, 0.5) is 5.13 Å². The molecule has 0 aliphatic carbocycles. The summed E-state index contributed by atoms with van der Waals surface area (Å²) in [5, 5.41) is 20.5. The third-order valence-corrected chi connectivity index (χ3v) is 9.61. The number of thioether (sulfide) groups is 1. The van der Waals surface area contributed by atoms with E-state index in [-0.39, 0.29) is 16.5 Å². The molecule has 9 nitrogen and oxygen atoms in total. The second kappa shape index (κ2) is 13.3. The number of anilines is 1. The molecule has 0 radical (unpaired) electrons. The Labute approximate surface area is 269 Å². The molecule has 0 spiro atoms. The molecule has 0 bridgehead atoms. The number of aliphatic hydroxyl groups is 1. The van der Waals surface area contributed by atoms with Gasteiger partial charge in [-0.15, -0.1) is 10.2 Å². The van der Waals surface area contributed by atoms with Crippen LogP contribution in [0, 0.1) is 12.8 Å². The molecule has 2 aliphatic rings. The van der Waals surface area contributed by atoms with Gasteiger partial charge >= 0.3 is 5.91 Å². The zero-order chi connectivity index (χ0) is 31.5. The van der Waals surface area contributed by atoms with Crippen molar-refractivity contribution in [2.45, 2.75) is 43.3 Å². The SMILES string of the molecule is Cc1ccc(CSc2nnc(N3C(=O)C(=O)/C(=C(/O)c4ccc5c(c4)OCCO5)[C@H]3c3cccc(OCCC(C)C)c3)s2)cc1. The van der Waals surface area contributed by atoms with Crippen molar-refractivity contribution in [2.24, 2.45) is 5.92 Å². The van der Waals surface area contributed by atoms with Crippen LogP contribution >= 0.6 is 23.1 Å². The molecule has 1 amide bonds. The van der Waals surface area contributed by atoms with E-state index in [1.54, 1.807) is 24.3 Å². The van der Waals surface area contributed by atoms with Crippen LogP contribution in [0.3, 0.4) is 0 Å². The maximum absolute atomic E-state index is 13.7. The Morgan fingerprint density at radius 1 is 1.04 bits per heavy atom. The van der Waals surface area contributed by atoms with Crippen LogP contribution in [-0.4, -0.2) is 46.8 Å². The summed E-state index contributed by atoms with van der Waals surface area (Å²) in [5.41, 5.74) is 3.19. The maximum Gasteiger partial charge on any atom is 0.301 e. The third-order valence-electron chi connectivity index (χ3n) is 7.48. The lowest BCUT2D eigenvalue weighted by Gasteiger charge is -2.23. The van der Waals surface area contributed by atoms with Crippen molar-refractivity contribution in [1.82, 2.24) is 10.2 Å². The van der Waals surface area contributed by atoms with E-state index in [2.05, 4.69) is 48.3 Å². The first-order valence-electron chi connectivity index (χ1n) is 14.7. The number of hydrogen-bond acceptors (Lipinski definition) is 10. The molecule has 3 aromatic carbocycles. The first-order valence-corrected chi connectivity index (χ1v) is 16.5. The molecule has 1 aromatic heterocycles. The zero-order valence-corrected chi connectivity index (χ0v) is 26.8. The molecular weight excluding hydrogens is 611 g/mol. The van der Waals surface area contributed by atoms with Gasteiger partial charge in [-0.05, 0) is 60.7 Å². The van der Waals surface area contributed by atoms with Gasteiger partial charge in [0.05, 0.1) is 18.2 Å². The minimum atomic E-state index is -0.963. The minimum Gasteiger partial charge on any atom is -0.507 e. The van der Waals surface area contributed by atoms with Crippen molar-refractivity contribution in [3.63, 3.8) is 0 Å². The van der Waals surface area contributed by atoms with Crippen molar-refractivity contribution >= 4 is 45.7 Å². The Morgan fingerprint density at radius 3 is 2.60 bits per heavy atom. The molecule has 2 aliphatic heterocycles. The summed E-state index contributed by atoms with van der Waals surface area (Å²) in [5.74, 6) is 0.825. The van der Waals surface area contributed by atoms with Gasteiger partial charge in [0.25, 0.3) is 5.78 Å². The normalized spacial score (nSPS) is 17.2. The van der Waals surface area contributed by atoms with E-state index in [0.717, 1.165) is 12.0 Å². The van der Waals surface area contributed by atoms with Crippen molar-refractivity contribution in [3.8, 4) is 17.2 Å². The number of fused-ring (bicyclic) bond motifs is 1. The predicted octanol–water partition coefficient (Wildman–Crippen LogP) is 6.96. The largest absolute Gasteiger partial charge is 0.507 e. The average molecular weight is 644 g/mol. The van der Waals surface area contributed by atoms with E-state index in [1.165, 1.54) is 33.6 Å². The smallest absolute Gasteiger partial charge is 0.301 e. The van der Waals surface area contributed by atoms with Crippen molar-refractivity contribution in [1.29, 1.82) is 0 Å². The lowest BCUT2D eigenvalue weighted by atomic mass is 9.95. The maximum atomic E-state index is 13.7. The van der Waals surface area contributed by atoms with Crippen LogP contribution in [-0.2, 0) is 15.3 Å². The van der Waals surface area contributed by atoms with Gasteiger partial charge in [0, 0.05) is 11.3 Å². The highest BCUT2D eigenvalue weighted by Crippen LogP contribution is 2.45. The molecule has 232 valence electrons. The summed E-state index contributed by atoms with van der Waals surface area (Å²) in [6.07, 6.45) is 0.876. The second-order valence-corrected chi connectivity index (χ2v) is 13.4. The topological polar surface area (TPSA) is 111 Å². The fourth-order valence-electron chi connectivity index (χ4n) is 5.07. The number of ketones is 1. The van der Waals surface area contributed by atoms with Crippen LogP contribution in [0.2, 0.25) is 0 Å². The minimum absolute atomic E-state index is 0.0555. The van der Waals surface area contributed by atoms with Gasteiger partial charge in [0.1, 0.15) is 24.7 Å². The number of hydrogen-bond donors (Lipinski definition) is 1. The molecule has 1 atom stereocenters. The highest BCUT2D eigenvalue weighted by atomic mass is 32.2. The lowest BCUT2D eigenvalue weighted by molar-refractivity contribution is -0.132. The van der Waals surface area contributed by atoms with Gasteiger partial charge in [-0.3, -0.25) is 14.5 Å². The van der Waals surface area contributed by atoms with E-state index in [0.29, 0.717) is 64.2 Å². The number of benzene rings is 3. The van der Waals surface area contributed by atoms with Crippen molar-refractivity contribution in [3.05, 3.63) is 94.6 Å². The number of carbonyl (C=O) groups excluding carboxylic acids is 2. The summed E-state index contributed by atoms with van der Waals surface area (Å²) in [6, 6.07) is 19.5. The fraction of sp³-hybridized carbons (Fsp3) is 0.294. The van der Waals surface area contributed by atoms with Crippen LogP contribution < -0.4 is 19.1 Å². The number of carbonyl (C=O) groups is 2. The van der Waals surface area contributed by atoms with E-state index in [4.69, 9.17) is 14.2 Å². The van der Waals surface area contributed by atoms with E-state index in [9.17, 15) is 14.7 Å². The molecular formula is C34H33N3O6S2. The number of aromatic nitrogens is 2. The van der Waals surface area contributed by atoms with Gasteiger partial charge in [0.2, 0.25) is 5.13 Å². The first-order chi connectivity index (χ1) is 21.8. The number of aliphatic hydroxyl groups excluding tert-OH is 1. The van der Waals surface area contributed by atoms with E-state index < -0.39 is 17.7 Å². The van der Waals surface area contributed by atoms with Crippen LogP contribution in [0.25, 0.3) is 5.76 Å². The van der Waals surface area contributed by atoms with Crippen LogP contribution in [0.5, 0.6) is 17.2 Å². The average Bonchev–Trinajstić information content (AvgIpc) is 3.61. The molecule has 1 saturated heterocycles. The van der Waals surface area contributed by atoms with Crippen LogP contribution in [0.15, 0.2) is 76.6 Å². The van der Waals surface area contributed by atoms with E-state index >= 15 is 0 Å². The Bertz CT molecular complexity index is 1750. The predicted molar refractivity (Wildman–Crippen MR) is 174 cm³/mol. The Hall–Kier alpha value is -4.35. The highest BCUT2D eigenvalue weighted by Gasteiger charge is 2.48. The molecule has 3 heterocycles. The number of amides is 1. The van der Waals surface area contributed by atoms with Crippen molar-refractivity contribution in [2.75, 3.05) is 24.7 Å². The number of ether oxygens (including phenoxy) is 3. The molecule has 0 unspecified atom stereocenters.